The number of thioether (sulfide) groups is 1. The minimum Gasteiger partial charge on any atom is -0.298 e. The van der Waals surface area contributed by atoms with Gasteiger partial charge in [-0.1, -0.05) is 25.4 Å². The minimum absolute atomic E-state index is 0.612. The summed E-state index contributed by atoms with van der Waals surface area (Å²) in [4.78, 5) is 11.8. The fourth-order valence-electron chi connectivity index (χ4n) is 0.999. The van der Waals surface area contributed by atoms with E-state index in [0.717, 1.165) is 16.9 Å². The molecule has 76 valence electrons. The molecule has 0 N–H and O–H groups in total. The first-order chi connectivity index (χ1) is 6.63. The lowest BCUT2D eigenvalue weighted by atomic mass is 10.2. The number of halogens is 1. The molecule has 0 aliphatic heterocycles. The number of carbonyl (C=O) groups is 1. The van der Waals surface area contributed by atoms with Crippen LogP contribution in [0, 0.1) is 5.92 Å². The molecule has 1 nitrogen and oxygen atoms in total. The average molecular weight is 229 g/mol. The van der Waals surface area contributed by atoms with Gasteiger partial charge < -0.3 is 0 Å². The van der Waals surface area contributed by atoms with E-state index < -0.39 is 0 Å². The van der Waals surface area contributed by atoms with Crippen LogP contribution in [-0.2, 0) is 0 Å². The highest BCUT2D eigenvalue weighted by Crippen LogP contribution is 2.26. The van der Waals surface area contributed by atoms with Gasteiger partial charge in [0.25, 0.3) is 0 Å². The van der Waals surface area contributed by atoms with Crippen molar-refractivity contribution in [2.75, 3.05) is 5.75 Å². The molecule has 14 heavy (non-hydrogen) atoms. The van der Waals surface area contributed by atoms with E-state index in [2.05, 4.69) is 13.8 Å². The third-order valence-electron chi connectivity index (χ3n) is 1.67. The summed E-state index contributed by atoms with van der Waals surface area (Å²) in [7, 11) is 0. The maximum Gasteiger partial charge on any atom is 0.151 e. The van der Waals surface area contributed by atoms with E-state index in [0.29, 0.717) is 16.5 Å². The molecule has 0 bridgehead atoms. The van der Waals surface area contributed by atoms with E-state index in [1.54, 1.807) is 17.8 Å². The predicted octanol–water partition coefficient (Wildman–Crippen LogP) is 3.90. The van der Waals surface area contributed by atoms with Gasteiger partial charge in [0.2, 0.25) is 0 Å². The molecular formula is C11H13ClOS. The molecule has 0 aromatic heterocycles. The van der Waals surface area contributed by atoms with Gasteiger partial charge in [-0.15, -0.1) is 11.8 Å². The van der Waals surface area contributed by atoms with Gasteiger partial charge in [-0.05, 0) is 24.1 Å². The van der Waals surface area contributed by atoms with Gasteiger partial charge in [0.05, 0.1) is 0 Å². The summed E-state index contributed by atoms with van der Waals surface area (Å²) in [5, 5.41) is 0.612. The van der Waals surface area contributed by atoms with E-state index in [4.69, 9.17) is 11.6 Å². The molecule has 0 fully saturated rings. The van der Waals surface area contributed by atoms with Gasteiger partial charge in [-0.2, -0.15) is 0 Å². The summed E-state index contributed by atoms with van der Waals surface area (Å²) < 4.78 is 0. The maximum atomic E-state index is 10.8. The molecule has 0 aliphatic rings. The molecule has 0 atom stereocenters. The average Bonchev–Trinajstić information content (AvgIpc) is 2.15. The second kappa shape index (κ2) is 5.42. The summed E-state index contributed by atoms with van der Waals surface area (Å²) in [6, 6.07) is 5.42. The van der Waals surface area contributed by atoms with Crippen LogP contribution in [0.15, 0.2) is 23.1 Å². The first-order valence-electron chi connectivity index (χ1n) is 4.51. The van der Waals surface area contributed by atoms with Crippen molar-refractivity contribution in [1.82, 2.24) is 0 Å². The van der Waals surface area contributed by atoms with E-state index in [1.165, 1.54) is 0 Å². The highest BCUT2D eigenvalue weighted by atomic mass is 35.5. The van der Waals surface area contributed by atoms with Gasteiger partial charge in [0.1, 0.15) is 0 Å². The molecular weight excluding hydrogens is 216 g/mol. The lowest BCUT2D eigenvalue weighted by molar-refractivity contribution is 0.112. The number of benzene rings is 1. The van der Waals surface area contributed by atoms with E-state index in [9.17, 15) is 4.79 Å². The zero-order valence-electron chi connectivity index (χ0n) is 8.29. The number of hydrogen-bond donors (Lipinski definition) is 0. The molecule has 0 saturated carbocycles. The zero-order valence-corrected chi connectivity index (χ0v) is 9.86. The second-order valence-corrected chi connectivity index (χ2v) is 5.00. The molecule has 0 heterocycles. The molecule has 1 aromatic carbocycles. The smallest absolute Gasteiger partial charge is 0.151 e. The van der Waals surface area contributed by atoms with Crippen molar-refractivity contribution in [3.63, 3.8) is 0 Å². The lowest BCUT2D eigenvalue weighted by Gasteiger charge is -2.06. The van der Waals surface area contributed by atoms with Crippen molar-refractivity contribution in [3.8, 4) is 0 Å². The van der Waals surface area contributed by atoms with Gasteiger partial charge in [0.15, 0.2) is 6.29 Å². The molecule has 0 amide bonds. The standard InChI is InChI=1S/C11H13ClOS/c1-8(2)7-14-11-4-3-10(12)5-9(11)6-13/h3-6,8H,7H2,1-2H3. The third-order valence-corrected chi connectivity index (χ3v) is 3.42. The van der Waals surface area contributed by atoms with Gasteiger partial charge in [0, 0.05) is 21.2 Å². The van der Waals surface area contributed by atoms with Crippen molar-refractivity contribution in [1.29, 1.82) is 0 Å². The van der Waals surface area contributed by atoms with Crippen molar-refractivity contribution >= 4 is 29.6 Å². The largest absolute Gasteiger partial charge is 0.298 e. The topological polar surface area (TPSA) is 17.1 Å². The first-order valence-corrected chi connectivity index (χ1v) is 5.87. The van der Waals surface area contributed by atoms with Crippen molar-refractivity contribution < 1.29 is 4.79 Å². The third kappa shape index (κ3) is 3.35. The monoisotopic (exact) mass is 228 g/mol. The Hall–Kier alpha value is -0.470. The molecule has 3 heteroatoms. The quantitative estimate of drug-likeness (QED) is 0.574. The van der Waals surface area contributed by atoms with Crippen LogP contribution in [0.25, 0.3) is 0 Å². The fraction of sp³-hybridized carbons (Fsp3) is 0.364. The van der Waals surface area contributed by atoms with Gasteiger partial charge in [-0.3, -0.25) is 4.79 Å². The molecule has 0 spiro atoms. The highest BCUT2D eigenvalue weighted by Gasteiger charge is 2.04. The Morgan fingerprint density at radius 2 is 2.21 bits per heavy atom. The summed E-state index contributed by atoms with van der Waals surface area (Å²) in [5.74, 6) is 1.64. The Morgan fingerprint density at radius 3 is 2.79 bits per heavy atom. The first kappa shape index (κ1) is 11.6. The number of rotatable bonds is 4. The second-order valence-electron chi connectivity index (χ2n) is 3.50. The highest BCUT2D eigenvalue weighted by molar-refractivity contribution is 7.99. The molecule has 0 radical (unpaired) electrons. The fourth-order valence-corrected chi connectivity index (χ4v) is 2.13. The van der Waals surface area contributed by atoms with Crippen LogP contribution in [0.4, 0.5) is 0 Å². The van der Waals surface area contributed by atoms with Crippen molar-refractivity contribution in [2.24, 2.45) is 5.92 Å². The molecule has 0 saturated heterocycles. The summed E-state index contributed by atoms with van der Waals surface area (Å²) in [6.07, 6.45) is 0.856. The zero-order chi connectivity index (χ0) is 10.6. The van der Waals surface area contributed by atoms with Gasteiger partial charge >= 0.3 is 0 Å². The minimum atomic E-state index is 0.612. The molecule has 1 rings (SSSR count). The SMILES string of the molecule is CC(C)CSc1ccc(Cl)cc1C=O. The Balaban J connectivity index is 2.80. The Labute approximate surface area is 93.8 Å². The van der Waals surface area contributed by atoms with Crippen molar-refractivity contribution in [3.05, 3.63) is 28.8 Å². The van der Waals surface area contributed by atoms with Crippen LogP contribution < -0.4 is 0 Å². The summed E-state index contributed by atoms with van der Waals surface area (Å²) in [6.45, 7) is 4.31. The summed E-state index contributed by atoms with van der Waals surface area (Å²) >= 11 is 7.49. The lowest BCUT2D eigenvalue weighted by Crippen LogP contribution is -1.92. The normalized spacial score (nSPS) is 10.6. The van der Waals surface area contributed by atoms with E-state index in [1.807, 2.05) is 12.1 Å². The molecule has 0 unspecified atom stereocenters. The maximum absolute atomic E-state index is 10.8. The van der Waals surface area contributed by atoms with Gasteiger partial charge in [-0.25, -0.2) is 0 Å². The Morgan fingerprint density at radius 1 is 1.50 bits per heavy atom. The van der Waals surface area contributed by atoms with Crippen molar-refractivity contribution in [2.45, 2.75) is 18.7 Å². The number of hydrogen-bond acceptors (Lipinski definition) is 2. The van der Waals surface area contributed by atoms with E-state index >= 15 is 0 Å². The van der Waals surface area contributed by atoms with Crippen LogP contribution in [0.5, 0.6) is 0 Å². The molecule has 1 aromatic rings. The number of carbonyl (C=O) groups excluding carboxylic acids is 1. The Kier molecular flexibility index (Phi) is 4.49. The van der Waals surface area contributed by atoms with Crippen LogP contribution in [0.1, 0.15) is 24.2 Å². The van der Waals surface area contributed by atoms with Crippen LogP contribution in [0.3, 0.4) is 0 Å². The predicted molar refractivity (Wildman–Crippen MR) is 62.4 cm³/mol. The molecule has 0 aliphatic carbocycles. The Bertz CT molecular complexity index is 323. The van der Waals surface area contributed by atoms with Crippen LogP contribution >= 0.6 is 23.4 Å². The van der Waals surface area contributed by atoms with Crippen LogP contribution in [-0.4, -0.2) is 12.0 Å². The van der Waals surface area contributed by atoms with Crippen LogP contribution in [0.2, 0.25) is 5.02 Å². The summed E-state index contributed by atoms with van der Waals surface area (Å²) in [5.41, 5.74) is 0.683. The van der Waals surface area contributed by atoms with E-state index in [-0.39, 0.29) is 0 Å². The number of aldehydes is 1.